The lowest BCUT2D eigenvalue weighted by molar-refractivity contribution is -0.122. The highest BCUT2D eigenvalue weighted by Crippen LogP contribution is 2.04. The molecular weight excluding hydrogens is 485 g/mol. The van der Waals surface area contributed by atoms with Gasteiger partial charge in [0.1, 0.15) is 5.76 Å². The number of nitrogens with one attached hydrogen (secondary N) is 2. The maximum absolute atomic E-state index is 12.0. The van der Waals surface area contributed by atoms with Crippen LogP contribution in [0.2, 0.25) is 0 Å². The summed E-state index contributed by atoms with van der Waals surface area (Å²) in [5.74, 6) is 1.99. The molecule has 2 rings (SSSR count). The minimum Gasteiger partial charge on any atom is -0.469 e. The van der Waals surface area contributed by atoms with Crippen molar-refractivity contribution in [2.75, 3.05) is 66.1 Å². The molecule has 0 spiro atoms. The first-order chi connectivity index (χ1) is 13.7. The van der Waals surface area contributed by atoms with E-state index < -0.39 is 0 Å². The van der Waals surface area contributed by atoms with Crippen LogP contribution in [0.15, 0.2) is 27.8 Å². The monoisotopic (exact) mass is 521 g/mol. The highest BCUT2D eigenvalue weighted by molar-refractivity contribution is 14.0. The van der Waals surface area contributed by atoms with Crippen molar-refractivity contribution in [1.82, 2.24) is 20.4 Å². The number of aliphatic imine (C=N–C) groups is 1. The number of hydrogen-bond donors (Lipinski definition) is 2. The number of methoxy groups -OCH3 is 1. The average Bonchev–Trinajstić information content (AvgIpc) is 3.21. The zero-order valence-electron chi connectivity index (χ0n) is 17.7. The number of carbonyl (C=O) groups is 1. The summed E-state index contributed by atoms with van der Waals surface area (Å²) in [6, 6.07) is 3.91. The van der Waals surface area contributed by atoms with E-state index in [2.05, 4.69) is 27.4 Å². The van der Waals surface area contributed by atoms with Crippen LogP contribution in [-0.2, 0) is 16.0 Å². The normalized spacial score (nSPS) is 15.1. The van der Waals surface area contributed by atoms with Crippen LogP contribution >= 0.6 is 24.0 Å². The molecule has 1 aliphatic rings. The van der Waals surface area contributed by atoms with Gasteiger partial charge in [0.25, 0.3) is 0 Å². The minimum atomic E-state index is 0. The SMILES string of the molecule is CCCCN=C(NCCc1ccco1)N1CCN(CC(=O)NCCOC)CC1.I. The lowest BCUT2D eigenvalue weighted by Gasteiger charge is -2.36. The largest absolute Gasteiger partial charge is 0.469 e. The molecule has 2 N–H and O–H groups in total. The second-order valence-electron chi connectivity index (χ2n) is 6.92. The summed E-state index contributed by atoms with van der Waals surface area (Å²) in [5, 5.41) is 6.36. The molecule has 1 aliphatic heterocycles. The number of halogens is 1. The molecule has 2 heterocycles. The number of hydrogen-bond acceptors (Lipinski definition) is 5. The van der Waals surface area contributed by atoms with E-state index in [0.29, 0.717) is 19.7 Å². The Morgan fingerprint density at radius 3 is 2.69 bits per heavy atom. The number of unbranched alkanes of at least 4 members (excludes halogenated alkanes) is 1. The molecule has 1 saturated heterocycles. The Hall–Kier alpha value is -1.33. The van der Waals surface area contributed by atoms with Gasteiger partial charge >= 0.3 is 0 Å². The number of furan rings is 1. The molecule has 0 bridgehead atoms. The molecule has 1 aromatic rings. The van der Waals surface area contributed by atoms with Crippen LogP contribution in [0.4, 0.5) is 0 Å². The Bertz CT molecular complexity index is 575. The van der Waals surface area contributed by atoms with Gasteiger partial charge < -0.3 is 24.7 Å². The van der Waals surface area contributed by atoms with Crippen molar-refractivity contribution in [2.24, 2.45) is 4.99 Å². The summed E-state index contributed by atoms with van der Waals surface area (Å²) in [6.45, 7) is 8.77. The van der Waals surface area contributed by atoms with Gasteiger partial charge in [-0.3, -0.25) is 14.7 Å². The Labute approximate surface area is 191 Å². The Morgan fingerprint density at radius 2 is 2.03 bits per heavy atom. The minimum absolute atomic E-state index is 0. The van der Waals surface area contributed by atoms with E-state index in [-0.39, 0.29) is 29.9 Å². The molecule has 0 saturated carbocycles. The summed E-state index contributed by atoms with van der Waals surface area (Å²) in [6.07, 6.45) is 4.76. The van der Waals surface area contributed by atoms with Crippen molar-refractivity contribution < 1.29 is 13.9 Å². The van der Waals surface area contributed by atoms with Crippen LogP contribution in [0.3, 0.4) is 0 Å². The molecule has 8 nitrogen and oxygen atoms in total. The molecule has 29 heavy (non-hydrogen) atoms. The van der Waals surface area contributed by atoms with Crippen molar-refractivity contribution in [3.63, 3.8) is 0 Å². The average molecular weight is 521 g/mol. The standard InChI is InChI=1S/C20H35N5O3.HI/c1-3-4-8-22-20(23-9-7-18-6-5-15-28-18)25-13-11-24(12-14-25)17-19(26)21-10-16-27-2;/h5-6,15H,3-4,7-14,16-17H2,1-2H3,(H,21,26)(H,22,23);1H. The molecule has 0 unspecified atom stereocenters. The molecule has 166 valence electrons. The molecule has 0 aromatic carbocycles. The van der Waals surface area contributed by atoms with Crippen molar-refractivity contribution in [3.05, 3.63) is 24.2 Å². The molecular formula is C20H36IN5O3. The number of nitrogens with zero attached hydrogens (tertiary/aromatic N) is 3. The van der Waals surface area contributed by atoms with Crippen LogP contribution in [0, 0.1) is 0 Å². The predicted octanol–water partition coefficient (Wildman–Crippen LogP) is 1.57. The Morgan fingerprint density at radius 1 is 1.24 bits per heavy atom. The van der Waals surface area contributed by atoms with Crippen molar-refractivity contribution in [2.45, 2.75) is 26.2 Å². The van der Waals surface area contributed by atoms with Gasteiger partial charge in [-0.25, -0.2) is 0 Å². The van der Waals surface area contributed by atoms with Gasteiger partial charge in [0.2, 0.25) is 5.91 Å². The van der Waals surface area contributed by atoms with E-state index in [1.807, 2.05) is 12.1 Å². The fourth-order valence-electron chi connectivity index (χ4n) is 3.03. The van der Waals surface area contributed by atoms with Gasteiger partial charge in [0, 0.05) is 59.3 Å². The maximum Gasteiger partial charge on any atom is 0.234 e. The van der Waals surface area contributed by atoms with E-state index in [1.165, 1.54) is 0 Å². The highest BCUT2D eigenvalue weighted by Gasteiger charge is 2.21. The predicted molar refractivity (Wildman–Crippen MR) is 126 cm³/mol. The van der Waals surface area contributed by atoms with E-state index in [1.54, 1.807) is 13.4 Å². The molecule has 1 amide bonds. The van der Waals surface area contributed by atoms with Gasteiger partial charge in [-0.15, -0.1) is 24.0 Å². The zero-order chi connectivity index (χ0) is 20.0. The lowest BCUT2D eigenvalue weighted by atomic mass is 10.3. The van der Waals surface area contributed by atoms with Gasteiger partial charge in [-0.2, -0.15) is 0 Å². The topological polar surface area (TPSA) is 82.3 Å². The number of piperazine rings is 1. The van der Waals surface area contributed by atoms with Crippen LogP contribution in [0.5, 0.6) is 0 Å². The molecule has 0 atom stereocenters. The van der Waals surface area contributed by atoms with Gasteiger partial charge in [-0.1, -0.05) is 13.3 Å². The number of rotatable bonds is 11. The Kier molecular flexibility index (Phi) is 13.7. The summed E-state index contributed by atoms with van der Waals surface area (Å²) in [4.78, 5) is 21.2. The van der Waals surface area contributed by atoms with Gasteiger partial charge in [0.15, 0.2) is 5.96 Å². The van der Waals surface area contributed by atoms with Crippen molar-refractivity contribution >= 4 is 35.8 Å². The number of carbonyl (C=O) groups excluding carboxylic acids is 1. The second-order valence-corrected chi connectivity index (χ2v) is 6.92. The zero-order valence-corrected chi connectivity index (χ0v) is 20.0. The Balaban J connectivity index is 0.00000420. The fraction of sp³-hybridized carbons (Fsp3) is 0.700. The summed E-state index contributed by atoms with van der Waals surface area (Å²) < 4.78 is 10.4. The molecule has 1 fully saturated rings. The third-order valence-electron chi connectivity index (χ3n) is 4.68. The van der Waals surface area contributed by atoms with Crippen LogP contribution in [0.25, 0.3) is 0 Å². The number of amides is 1. The molecule has 1 aromatic heterocycles. The highest BCUT2D eigenvalue weighted by atomic mass is 127. The van der Waals surface area contributed by atoms with E-state index >= 15 is 0 Å². The molecule has 0 aliphatic carbocycles. The first-order valence-electron chi connectivity index (χ1n) is 10.3. The smallest absolute Gasteiger partial charge is 0.234 e. The van der Waals surface area contributed by atoms with E-state index in [4.69, 9.17) is 14.1 Å². The first-order valence-corrected chi connectivity index (χ1v) is 10.3. The third kappa shape index (κ3) is 10.3. The maximum atomic E-state index is 12.0. The summed E-state index contributed by atoms with van der Waals surface area (Å²) >= 11 is 0. The number of guanidine groups is 1. The summed E-state index contributed by atoms with van der Waals surface area (Å²) in [7, 11) is 1.63. The van der Waals surface area contributed by atoms with Crippen LogP contribution < -0.4 is 10.6 Å². The van der Waals surface area contributed by atoms with Gasteiger partial charge in [0.05, 0.1) is 19.4 Å². The molecule has 0 radical (unpaired) electrons. The van der Waals surface area contributed by atoms with Crippen molar-refractivity contribution in [3.8, 4) is 0 Å². The fourth-order valence-corrected chi connectivity index (χ4v) is 3.03. The first kappa shape index (κ1) is 25.7. The van der Waals surface area contributed by atoms with Crippen molar-refractivity contribution in [1.29, 1.82) is 0 Å². The number of ether oxygens (including phenoxy) is 1. The van der Waals surface area contributed by atoms with Gasteiger partial charge in [-0.05, 0) is 18.6 Å². The summed E-state index contributed by atoms with van der Waals surface area (Å²) in [5.41, 5.74) is 0. The van der Waals surface area contributed by atoms with E-state index in [9.17, 15) is 4.79 Å². The third-order valence-corrected chi connectivity index (χ3v) is 4.68. The van der Waals surface area contributed by atoms with Crippen LogP contribution in [-0.4, -0.2) is 87.7 Å². The molecule has 9 heteroatoms. The van der Waals surface area contributed by atoms with Crippen LogP contribution in [0.1, 0.15) is 25.5 Å². The second kappa shape index (κ2) is 15.5. The lowest BCUT2D eigenvalue weighted by Crippen LogP contribution is -2.54. The van der Waals surface area contributed by atoms with E-state index in [0.717, 1.165) is 70.3 Å². The quantitative estimate of drug-likeness (QED) is 0.199.